The molecule has 180 valence electrons. The SMILES string of the molecule is CC(C)(C)OC(=O)N1CCC2(CCn3nc(-c4cnc5ccc(OC(F)(F)F)cc5c4)cc32)C1. The van der Waals surface area contributed by atoms with Crippen LogP contribution in [-0.2, 0) is 16.7 Å². The van der Waals surface area contributed by atoms with Crippen molar-refractivity contribution in [2.45, 2.75) is 57.5 Å². The van der Waals surface area contributed by atoms with Crippen LogP contribution in [0.1, 0.15) is 39.3 Å². The van der Waals surface area contributed by atoms with Gasteiger partial charge in [0.2, 0.25) is 0 Å². The van der Waals surface area contributed by atoms with Crippen LogP contribution in [0.15, 0.2) is 36.5 Å². The summed E-state index contributed by atoms with van der Waals surface area (Å²) in [5, 5.41) is 5.26. The molecule has 1 unspecified atom stereocenters. The number of carbonyl (C=O) groups excluding carboxylic acids is 1. The number of halogens is 3. The number of hydrogen-bond acceptors (Lipinski definition) is 5. The van der Waals surface area contributed by atoms with Crippen molar-refractivity contribution in [3.05, 3.63) is 42.2 Å². The average molecular weight is 474 g/mol. The number of fused-ring (bicyclic) bond motifs is 3. The zero-order chi connectivity index (χ0) is 24.3. The lowest BCUT2D eigenvalue weighted by atomic mass is 9.82. The van der Waals surface area contributed by atoms with E-state index < -0.39 is 12.0 Å². The van der Waals surface area contributed by atoms with Crippen molar-refractivity contribution in [2.75, 3.05) is 13.1 Å². The monoisotopic (exact) mass is 474 g/mol. The third-order valence-electron chi connectivity index (χ3n) is 6.31. The van der Waals surface area contributed by atoms with Crippen LogP contribution in [-0.4, -0.2) is 50.8 Å². The number of carbonyl (C=O) groups is 1. The largest absolute Gasteiger partial charge is 0.573 e. The summed E-state index contributed by atoms with van der Waals surface area (Å²) in [5.41, 5.74) is 2.29. The van der Waals surface area contributed by atoms with E-state index in [4.69, 9.17) is 9.84 Å². The Labute approximate surface area is 194 Å². The van der Waals surface area contributed by atoms with Gasteiger partial charge in [0.1, 0.15) is 11.4 Å². The summed E-state index contributed by atoms with van der Waals surface area (Å²) in [4.78, 5) is 18.7. The van der Waals surface area contributed by atoms with E-state index in [9.17, 15) is 18.0 Å². The normalized spacial score (nSPS) is 20.2. The first-order chi connectivity index (χ1) is 15.9. The lowest BCUT2D eigenvalue weighted by molar-refractivity contribution is -0.274. The van der Waals surface area contributed by atoms with Crippen LogP contribution >= 0.6 is 0 Å². The van der Waals surface area contributed by atoms with E-state index in [1.165, 1.54) is 18.2 Å². The summed E-state index contributed by atoms with van der Waals surface area (Å²) in [5.74, 6) is -0.293. The minimum atomic E-state index is -4.76. The average Bonchev–Trinajstić information content (AvgIpc) is 3.42. The van der Waals surface area contributed by atoms with Crippen molar-refractivity contribution in [1.29, 1.82) is 0 Å². The number of rotatable bonds is 2. The van der Waals surface area contributed by atoms with Gasteiger partial charge in [-0.2, -0.15) is 5.10 Å². The highest BCUT2D eigenvalue weighted by molar-refractivity contribution is 5.84. The number of alkyl halides is 3. The number of aromatic nitrogens is 3. The Morgan fingerprint density at radius 3 is 2.59 bits per heavy atom. The van der Waals surface area contributed by atoms with Gasteiger partial charge in [-0.05, 0) is 63.9 Å². The van der Waals surface area contributed by atoms with Gasteiger partial charge >= 0.3 is 12.5 Å². The van der Waals surface area contributed by atoms with Gasteiger partial charge in [-0.3, -0.25) is 9.67 Å². The third-order valence-corrected chi connectivity index (χ3v) is 6.31. The van der Waals surface area contributed by atoms with Crippen molar-refractivity contribution >= 4 is 17.0 Å². The van der Waals surface area contributed by atoms with Gasteiger partial charge in [-0.25, -0.2) is 4.79 Å². The maximum atomic E-state index is 12.6. The molecule has 1 aromatic carbocycles. The first kappa shape index (κ1) is 22.5. The fraction of sp³-hybridized carbons (Fsp3) is 0.458. The van der Waals surface area contributed by atoms with Gasteiger partial charge in [0.25, 0.3) is 0 Å². The van der Waals surface area contributed by atoms with Gasteiger partial charge in [-0.1, -0.05) is 0 Å². The first-order valence-corrected chi connectivity index (χ1v) is 11.1. The van der Waals surface area contributed by atoms with E-state index in [1.54, 1.807) is 17.2 Å². The molecule has 2 aliphatic heterocycles. The fourth-order valence-corrected chi connectivity index (χ4v) is 4.82. The number of ether oxygens (including phenoxy) is 2. The lowest BCUT2D eigenvalue weighted by Crippen LogP contribution is -2.37. The quantitative estimate of drug-likeness (QED) is 0.506. The summed E-state index contributed by atoms with van der Waals surface area (Å²) >= 11 is 0. The molecule has 1 fully saturated rings. The molecule has 1 spiro atoms. The van der Waals surface area contributed by atoms with E-state index in [0.717, 1.165) is 25.1 Å². The zero-order valence-electron chi connectivity index (χ0n) is 19.1. The Hall–Kier alpha value is -3.30. The number of pyridine rings is 1. The number of nitrogens with zero attached hydrogens (tertiary/aromatic N) is 4. The van der Waals surface area contributed by atoms with Crippen molar-refractivity contribution in [3.8, 4) is 17.0 Å². The first-order valence-electron chi connectivity index (χ1n) is 11.1. The van der Waals surface area contributed by atoms with E-state index in [1.807, 2.05) is 31.5 Å². The number of hydrogen-bond donors (Lipinski definition) is 0. The predicted molar refractivity (Wildman–Crippen MR) is 118 cm³/mol. The molecule has 10 heteroatoms. The lowest BCUT2D eigenvalue weighted by Gasteiger charge is -2.26. The van der Waals surface area contributed by atoms with E-state index >= 15 is 0 Å². The molecule has 5 rings (SSSR count). The summed E-state index contributed by atoms with van der Waals surface area (Å²) in [7, 11) is 0. The Kier molecular flexibility index (Phi) is 5.03. The van der Waals surface area contributed by atoms with Crippen LogP contribution in [0.5, 0.6) is 5.75 Å². The van der Waals surface area contributed by atoms with Crippen LogP contribution < -0.4 is 4.74 Å². The van der Waals surface area contributed by atoms with E-state index in [0.29, 0.717) is 35.2 Å². The second-order valence-electron chi connectivity index (χ2n) is 9.95. The molecule has 7 nitrogen and oxygen atoms in total. The molecule has 3 aromatic rings. The van der Waals surface area contributed by atoms with Crippen molar-refractivity contribution in [2.24, 2.45) is 0 Å². The van der Waals surface area contributed by atoms with E-state index in [2.05, 4.69) is 9.72 Å². The molecule has 0 saturated carbocycles. The molecule has 2 aromatic heterocycles. The van der Waals surface area contributed by atoms with Crippen molar-refractivity contribution in [3.63, 3.8) is 0 Å². The number of aryl methyl sites for hydroxylation is 1. The second-order valence-corrected chi connectivity index (χ2v) is 9.95. The number of benzene rings is 1. The van der Waals surface area contributed by atoms with Crippen LogP contribution in [0.4, 0.5) is 18.0 Å². The highest BCUT2D eigenvalue weighted by Crippen LogP contribution is 2.44. The minimum absolute atomic E-state index is 0.180. The summed E-state index contributed by atoms with van der Waals surface area (Å²) in [6.07, 6.45) is -1.68. The van der Waals surface area contributed by atoms with Gasteiger partial charge in [0.05, 0.1) is 11.2 Å². The van der Waals surface area contributed by atoms with Crippen LogP contribution in [0.3, 0.4) is 0 Å². The summed E-state index contributed by atoms with van der Waals surface area (Å²) in [6, 6.07) is 7.82. The topological polar surface area (TPSA) is 69.5 Å². The van der Waals surface area contributed by atoms with Gasteiger partial charge in [-0.15, -0.1) is 13.2 Å². The van der Waals surface area contributed by atoms with Gasteiger partial charge in [0.15, 0.2) is 0 Å². The highest BCUT2D eigenvalue weighted by atomic mass is 19.4. The maximum Gasteiger partial charge on any atom is 0.573 e. The minimum Gasteiger partial charge on any atom is -0.444 e. The molecule has 0 aliphatic carbocycles. The molecular weight excluding hydrogens is 449 g/mol. The molecule has 1 saturated heterocycles. The number of amides is 1. The molecule has 1 amide bonds. The van der Waals surface area contributed by atoms with Crippen LogP contribution in [0.2, 0.25) is 0 Å². The second kappa shape index (κ2) is 7.61. The molecule has 2 aliphatic rings. The summed E-state index contributed by atoms with van der Waals surface area (Å²) < 4.78 is 49.3. The molecule has 1 atom stereocenters. The van der Waals surface area contributed by atoms with Gasteiger partial charge < -0.3 is 14.4 Å². The Bertz CT molecular complexity index is 1260. The molecule has 0 radical (unpaired) electrons. The standard InChI is InChI=1S/C24H25F3N4O3/c1-22(2,3)34-21(32)30-8-6-23(14-30)7-9-31-20(23)12-19(29-31)16-10-15-11-17(33-24(25,26)27)4-5-18(15)28-13-16/h4-5,10-13H,6-9,14H2,1-3H3. The van der Waals surface area contributed by atoms with Crippen LogP contribution in [0, 0.1) is 0 Å². The molecular formula is C24H25F3N4O3. The van der Waals surface area contributed by atoms with Crippen molar-refractivity contribution < 1.29 is 27.4 Å². The Morgan fingerprint density at radius 1 is 1.09 bits per heavy atom. The smallest absolute Gasteiger partial charge is 0.444 e. The van der Waals surface area contributed by atoms with Crippen LogP contribution in [0.25, 0.3) is 22.2 Å². The molecule has 0 bridgehead atoms. The zero-order valence-corrected chi connectivity index (χ0v) is 19.1. The fourth-order valence-electron chi connectivity index (χ4n) is 4.82. The van der Waals surface area contributed by atoms with Crippen molar-refractivity contribution in [1.82, 2.24) is 19.7 Å². The maximum absolute atomic E-state index is 12.6. The molecule has 0 N–H and O–H groups in total. The molecule has 4 heterocycles. The third kappa shape index (κ3) is 4.28. The number of likely N-dealkylation sites (tertiary alicyclic amines) is 1. The van der Waals surface area contributed by atoms with E-state index in [-0.39, 0.29) is 17.3 Å². The highest BCUT2D eigenvalue weighted by Gasteiger charge is 2.47. The Morgan fingerprint density at radius 2 is 1.85 bits per heavy atom. The summed E-state index contributed by atoms with van der Waals surface area (Å²) in [6.45, 7) is 7.48. The predicted octanol–water partition coefficient (Wildman–Crippen LogP) is 5.28. The Balaban J connectivity index is 1.41. The molecule has 34 heavy (non-hydrogen) atoms. The van der Waals surface area contributed by atoms with Gasteiger partial charge in [0, 0.05) is 47.9 Å².